The number of rotatable bonds is 7. The number of benzene rings is 2. The van der Waals surface area contributed by atoms with Crippen LogP contribution in [0.3, 0.4) is 0 Å². The third-order valence-corrected chi connectivity index (χ3v) is 6.65. The number of amides is 1. The van der Waals surface area contributed by atoms with E-state index in [0.717, 1.165) is 18.4 Å². The first-order valence-corrected chi connectivity index (χ1v) is 10.8. The van der Waals surface area contributed by atoms with E-state index in [1.807, 2.05) is 13.0 Å². The molecule has 2 N–H and O–H groups in total. The van der Waals surface area contributed by atoms with Gasteiger partial charge in [0, 0.05) is 6.04 Å². The van der Waals surface area contributed by atoms with Crippen molar-refractivity contribution in [3.8, 4) is 5.75 Å². The summed E-state index contributed by atoms with van der Waals surface area (Å²) in [5.41, 5.74) is 1.22. The Morgan fingerprint density at radius 3 is 2.59 bits per heavy atom. The van der Waals surface area contributed by atoms with Gasteiger partial charge in [-0.3, -0.25) is 4.79 Å². The molecular formula is C19H21BrN2O4S. The van der Waals surface area contributed by atoms with Gasteiger partial charge in [-0.25, -0.2) is 8.42 Å². The predicted octanol–water partition coefficient (Wildman–Crippen LogP) is 3.29. The molecule has 27 heavy (non-hydrogen) atoms. The molecule has 0 aromatic heterocycles. The highest BCUT2D eigenvalue weighted by Gasteiger charge is 2.25. The van der Waals surface area contributed by atoms with Gasteiger partial charge < -0.3 is 15.4 Å². The third-order valence-electron chi connectivity index (χ3n) is 4.24. The Hall–Kier alpha value is -2.06. The zero-order valence-electron chi connectivity index (χ0n) is 15.1. The van der Waals surface area contributed by atoms with E-state index in [2.05, 4.69) is 26.6 Å². The molecule has 2 aromatic rings. The summed E-state index contributed by atoms with van der Waals surface area (Å²) in [4.78, 5) is 12.2. The van der Waals surface area contributed by atoms with Gasteiger partial charge in [-0.2, -0.15) is 0 Å². The maximum absolute atomic E-state index is 13.2. The highest BCUT2D eigenvalue weighted by Crippen LogP contribution is 2.33. The Morgan fingerprint density at radius 2 is 1.96 bits per heavy atom. The lowest BCUT2D eigenvalue weighted by Crippen LogP contribution is -2.31. The summed E-state index contributed by atoms with van der Waals surface area (Å²) in [6, 6.07) is 9.98. The van der Waals surface area contributed by atoms with Gasteiger partial charge in [-0.15, -0.1) is 0 Å². The molecule has 0 aliphatic heterocycles. The molecule has 6 nitrogen and oxygen atoms in total. The molecule has 0 atom stereocenters. The quantitative estimate of drug-likeness (QED) is 0.672. The topological polar surface area (TPSA) is 84.5 Å². The number of ether oxygens (including phenoxy) is 1. The Morgan fingerprint density at radius 1 is 1.22 bits per heavy atom. The first-order chi connectivity index (χ1) is 12.8. The normalized spacial score (nSPS) is 13.9. The van der Waals surface area contributed by atoms with E-state index < -0.39 is 9.84 Å². The Labute approximate surface area is 167 Å². The fourth-order valence-corrected chi connectivity index (χ4v) is 4.86. The van der Waals surface area contributed by atoms with Gasteiger partial charge in [0.25, 0.3) is 0 Å². The van der Waals surface area contributed by atoms with Crippen LogP contribution in [0.5, 0.6) is 5.75 Å². The number of aryl methyl sites for hydroxylation is 1. The van der Waals surface area contributed by atoms with E-state index >= 15 is 0 Å². The predicted molar refractivity (Wildman–Crippen MR) is 107 cm³/mol. The van der Waals surface area contributed by atoms with Crippen LogP contribution < -0.4 is 15.4 Å². The van der Waals surface area contributed by atoms with E-state index in [-0.39, 0.29) is 28.3 Å². The van der Waals surface area contributed by atoms with Crippen molar-refractivity contribution in [3.63, 3.8) is 0 Å². The Bertz CT molecular complexity index is 972. The fourth-order valence-electron chi connectivity index (χ4n) is 2.62. The highest BCUT2D eigenvalue weighted by atomic mass is 79.9. The summed E-state index contributed by atoms with van der Waals surface area (Å²) in [5.74, 6) is 0.405. The first-order valence-electron chi connectivity index (χ1n) is 8.54. The van der Waals surface area contributed by atoms with Gasteiger partial charge in [-0.05, 0) is 71.6 Å². The number of sulfone groups is 1. The number of hydrogen-bond donors (Lipinski definition) is 2. The SMILES string of the molecule is COc1ccc(S(=O)(=O)c2cc(C)ccc2NCC(=O)NC2CC2)cc1Br. The molecule has 144 valence electrons. The number of carbonyl (C=O) groups excluding carboxylic acids is 1. The van der Waals surface area contributed by atoms with Crippen LogP contribution in [-0.2, 0) is 14.6 Å². The molecule has 1 aliphatic rings. The first kappa shape index (κ1) is 19.7. The van der Waals surface area contributed by atoms with Crippen LogP contribution in [0.25, 0.3) is 0 Å². The molecule has 0 unspecified atom stereocenters. The van der Waals surface area contributed by atoms with Crippen LogP contribution >= 0.6 is 15.9 Å². The van der Waals surface area contributed by atoms with Gasteiger partial charge in [0.1, 0.15) is 5.75 Å². The van der Waals surface area contributed by atoms with Crippen molar-refractivity contribution in [2.24, 2.45) is 0 Å². The standard InChI is InChI=1S/C19H21BrN2O4S/c1-12-3-7-16(21-11-19(23)22-13-4-5-13)18(9-12)27(24,25)14-6-8-17(26-2)15(20)10-14/h3,6-10,13,21H,4-5,11H2,1-2H3,(H,22,23). The molecule has 0 bridgehead atoms. The lowest BCUT2D eigenvalue weighted by atomic mass is 10.2. The minimum Gasteiger partial charge on any atom is -0.496 e. The van der Waals surface area contributed by atoms with E-state index in [9.17, 15) is 13.2 Å². The van der Waals surface area contributed by atoms with Crippen molar-refractivity contribution >= 4 is 37.4 Å². The second-order valence-corrected chi connectivity index (χ2v) is 9.27. The van der Waals surface area contributed by atoms with E-state index in [0.29, 0.717) is 15.9 Å². The highest BCUT2D eigenvalue weighted by molar-refractivity contribution is 9.10. The lowest BCUT2D eigenvalue weighted by Gasteiger charge is -2.14. The van der Waals surface area contributed by atoms with Crippen molar-refractivity contribution in [1.82, 2.24) is 5.32 Å². The molecule has 1 amide bonds. The zero-order chi connectivity index (χ0) is 19.6. The molecule has 3 rings (SSSR count). The van der Waals surface area contributed by atoms with Gasteiger partial charge in [-0.1, -0.05) is 6.07 Å². The molecule has 0 radical (unpaired) electrons. The van der Waals surface area contributed by atoms with Crippen LogP contribution in [0.2, 0.25) is 0 Å². The van der Waals surface area contributed by atoms with Crippen molar-refractivity contribution in [2.75, 3.05) is 19.0 Å². The number of methoxy groups -OCH3 is 1. The Balaban J connectivity index is 1.90. The number of nitrogens with one attached hydrogen (secondary N) is 2. The summed E-state index contributed by atoms with van der Waals surface area (Å²) in [6.07, 6.45) is 2.00. The number of anilines is 1. The molecule has 0 heterocycles. The van der Waals surface area contributed by atoms with Crippen LogP contribution in [-0.4, -0.2) is 34.0 Å². The smallest absolute Gasteiger partial charge is 0.239 e. The van der Waals surface area contributed by atoms with Gasteiger partial charge in [0.2, 0.25) is 15.7 Å². The largest absolute Gasteiger partial charge is 0.496 e. The molecule has 0 spiro atoms. The molecular weight excluding hydrogens is 432 g/mol. The minimum atomic E-state index is -3.78. The fraction of sp³-hybridized carbons (Fsp3) is 0.316. The number of halogens is 1. The molecule has 2 aromatic carbocycles. The van der Waals surface area contributed by atoms with Crippen molar-refractivity contribution in [2.45, 2.75) is 35.6 Å². The van der Waals surface area contributed by atoms with E-state index in [1.54, 1.807) is 18.2 Å². The molecule has 1 saturated carbocycles. The van der Waals surface area contributed by atoms with Gasteiger partial charge in [0.15, 0.2) is 0 Å². The van der Waals surface area contributed by atoms with Crippen molar-refractivity contribution in [3.05, 3.63) is 46.4 Å². The second-order valence-electron chi connectivity index (χ2n) is 6.49. The molecule has 1 aliphatic carbocycles. The van der Waals surface area contributed by atoms with Crippen LogP contribution in [0.15, 0.2) is 50.7 Å². The van der Waals surface area contributed by atoms with Crippen molar-refractivity contribution in [1.29, 1.82) is 0 Å². The molecule has 8 heteroatoms. The van der Waals surface area contributed by atoms with Crippen LogP contribution in [0.1, 0.15) is 18.4 Å². The summed E-state index contributed by atoms with van der Waals surface area (Å²) >= 11 is 3.33. The maximum atomic E-state index is 13.2. The lowest BCUT2D eigenvalue weighted by molar-refractivity contribution is -0.119. The molecule has 0 saturated heterocycles. The molecule has 1 fully saturated rings. The third kappa shape index (κ3) is 4.62. The monoisotopic (exact) mass is 452 g/mol. The summed E-state index contributed by atoms with van der Waals surface area (Å²) in [7, 11) is -2.26. The van der Waals surface area contributed by atoms with Gasteiger partial charge >= 0.3 is 0 Å². The Kier molecular flexibility index (Phi) is 5.76. The summed E-state index contributed by atoms with van der Waals surface area (Å²) in [6.45, 7) is 1.85. The van der Waals surface area contributed by atoms with Gasteiger partial charge in [0.05, 0.1) is 33.6 Å². The summed E-state index contributed by atoms with van der Waals surface area (Å²) in [5, 5.41) is 5.83. The summed E-state index contributed by atoms with van der Waals surface area (Å²) < 4.78 is 32.1. The van der Waals surface area contributed by atoms with Crippen LogP contribution in [0, 0.1) is 6.92 Å². The van der Waals surface area contributed by atoms with E-state index in [4.69, 9.17) is 4.74 Å². The number of carbonyl (C=O) groups is 1. The second kappa shape index (κ2) is 7.90. The maximum Gasteiger partial charge on any atom is 0.239 e. The van der Waals surface area contributed by atoms with Crippen molar-refractivity contribution < 1.29 is 17.9 Å². The average molecular weight is 453 g/mol. The van der Waals surface area contributed by atoms with Crippen LogP contribution in [0.4, 0.5) is 5.69 Å². The number of hydrogen-bond acceptors (Lipinski definition) is 5. The van der Waals surface area contributed by atoms with E-state index in [1.165, 1.54) is 19.2 Å². The average Bonchev–Trinajstić information content (AvgIpc) is 3.44. The minimum absolute atomic E-state index is 0.0222. The zero-order valence-corrected chi connectivity index (χ0v) is 17.5.